The number of rotatable bonds is 5. The van der Waals surface area contributed by atoms with Gasteiger partial charge in [0.2, 0.25) is 0 Å². The van der Waals surface area contributed by atoms with Crippen LogP contribution in [0.5, 0.6) is 0 Å². The molecule has 2 atom stereocenters. The molecule has 7 nitrogen and oxygen atoms in total. The molecule has 168 valence electrons. The Labute approximate surface area is 184 Å². The van der Waals surface area contributed by atoms with Crippen LogP contribution in [-0.2, 0) is 0 Å². The first kappa shape index (κ1) is 21.8. The van der Waals surface area contributed by atoms with E-state index in [1.165, 1.54) is 12.1 Å². The van der Waals surface area contributed by atoms with Crippen LogP contribution < -0.4 is 26.8 Å². The average molecular weight is 439 g/mol. The molecule has 0 radical (unpaired) electrons. The van der Waals surface area contributed by atoms with Gasteiger partial charge in [-0.05, 0) is 49.4 Å². The van der Waals surface area contributed by atoms with Gasteiger partial charge in [0.25, 0.3) is 16.8 Å². The van der Waals surface area contributed by atoms with E-state index in [0.717, 1.165) is 11.3 Å². The number of carbonyl (C=O) groups is 1. The molecule has 0 saturated heterocycles. The highest BCUT2D eigenvalue weighted by Gasteiger charge is 2.35. The van der Waals surface area contributed by atoms with E-state index in [0.29, 0.717) is 11.3 Å². The van der Waals surface area contributed by atoms with Crippen molar-refractivity contribution in [1.82, 2.24) is 5.32 Å². The van der Waals surface area contributed by atoms with Gasteiger partial charge in [-0.3, -0.25) is 14.4 Å². The maximum Gasteiger partial charge on any atom is 0.254 e. The van der Waals surface area contributed by atoms with Gasteiger partial charge in [-0.25, -0.2) is 4.39 Å². The fourth-order valence-corrected chi connectivity index (χ4v) is 4.04. The number of carbonyl (C=O) groups excluding carboxylic acids is 1. The van der Waals surface area contributed by atoms with Gasteiger partial charge >= 0.3 is 0 Å². The van der Waals surface area contributed by atoms with Crippen molar-refractivity contribution in [3.05, 3.63) is 72.7 Å². The molecule has 1 aliphatic rings. The number of benzene rings is 1. The van der Waals surface area contributed by atoms with Crippen molar-refractivity contribution in [3.8, 4) is 0 Å². The highest BCUT2D eigenvalue weighted by molar-refractivity contribution is 6.05. The van der Waals surface area contributed by atoms with Crippen LogP contribution in [0.3, 0.4) is 0 Å². The standard InChI is InChI=1S/C24H26FN3O4/c1-10-9-15(32-12(10)3)22(24(4,5)6)28-19-18(20(29)21(19)30)27-17-14(25)8-7-13-11(2)26-23(31)16(13)17/h7-9,11,22,27-28H,1-6H3,(H,26,31). The molecule has 0 saturated carbocycles. The molecule has 3 aromatic rings. The van der Waals surface area contributed by atoms with Crippen LogP contribution in [-0.4, -0.2) is 5.91 Å². The molecule has 0 fully saturated rings. The minimum Gasteiger partial charge on any atom is -0.464 e. The van der Waals surface area contributed by atoms with Crippen molar-refractivity contribution in [2.45, 2.75) is 53.6 Å². The third-order valence-electron chi connectivity index (χ3n) is 6.01. The first-order valence-corrected chi connectivity index (χ1v) is 10.5. The average Bonchev–Trinajstić information content (AvgIpc) is 3.18. The molecule has 1 aliphatic heterocycles. The zero-order valence-corrected chi connectivity index (χ0v) is 18.9. The normalized spacial score (nSPS) is 16.7. The Morgan fingerprint density at radius 1 is 1.06 bits per heavy atom. The molecular formula is C24H26FN3O4. The lowest BCUT2D eigenvalue weighted by Crippen LogP contribution is -2.39. The number of halogens is 1. The SMILES string of the molecule is Cc1cc(C(Nc2c(Nc3c(F)ccc4c3C(=O)NC4C)c(=O)c2=O)C(C)(C)C)oc1C. The fraction of sp³-hybridized carbons (Fsp3) is 0.375. The molecule has 0 spiro atoms. The van der Waals surface area contributed by atoms with Crippen molar-refractivity contribution < 1.29 is 13.6 Å². The summed E-state index contributed by atoms with van der Waals surface area (Å²) in [7, 11) is 0. The van der Waals surface area contributed by atoms with Gasteiger partial charge in [0, 0.05) is 0 Å². The van der Waals surface area contributed by atoms with E-state index in [1.807, 2.05) is 40.7 Å². The smallest absolute Gasteiger partial charge is 0.254 e. The number of amides is 1. The maximum absolute atomic E-state index is 14.7. The van der Waals surface area contributed by atoms with Gasteiger partial charge in [-0.15, -0.1) is 0 Å². The number of fused-ring (bicyclic) bond motifs is 1. The van der Waals surface area contributed by atoms with Crippen LogP contribution in [0.1, 0.15) is 72.8 Å². The lowest BCUT2D eigenvalue weighted by atomic mass is 9.84. The van der Waals surface area contributed by atoms with Gasteiger partial charge in [-0.2, -0.15) is 0 Å². The predicted octanol–water partition coefficient (Wildman–Crippen LogP) is 4.38. The van der Waals surface area contributed by atoms with Crippen LogP contribution in [0.2, 0.25) is 0 Å². The number of furan rings is 1. The molecule has 2 heterocycles. The zero-order valence-electron chi connectivity index (χ0n) is 18.9. The Kier molecular flexibility index (Phi) is 4.99. The van der Waals surface area contributed by atoms with Crippen molar-refractivity contribution in [2.24, 2.45) is 5.41 Å². The molecular weight excluding hydrogens is 413 g/mol. The summed E-state index contributed by atoms with van der Waals surface area (Å²) in [5.74, 6) is 0.279. The second-order valence-corrected chi connectivity index (χ2v) is 9.45. The number of nitrogens with one attached hydrogen (secondary N) is 3. The topological polar surface area (TPSA) is 100 Å². The molecule has 0 aliphatic carbocycles. The summed E-state index contributed by atoms with van der Waals surface area (Å²) >= 11 is 0. The molecule has 1 amide bonds. The Morgan fingerprint density at radius 3 is 2.31 bits per heavy atom. The summed E-state index contributed by atoms with van der Waals surface area (Å²) in [6.07, 6.45) is 0. The Morgan fingerprint density at radius 2 is 1.72 bits per heavy atom. The van der Waals surface area contributed by atoms with E-state index in [2.05, 4.69) is 16.0 Å². The predicted molar refractivity (Wildman–Crippen MR) is 121 cm³/mol. The van der Waals surface area contributed by atoms with E-state index >= 15 is 0 Å². The molecule has 3 N–H and O–H groups in total. The van der Waals surface area contributed by atoms with Gasteiger partial charge < -0.3 is 20.4 Å². The van der Waals surface area contributed by atoms with Crippen LogP contribution in [0.15, 0.2) is 32.2 Å². The molecule has 0 bridgehead atoms. The summed E-state index contributed by atoms with van der Waals surface area (Å²) in [4.78, 5) is 37.2. The molecule has 4 rings (SSSR count). The summed E-state index contributed by atoms with van der Waals surface area (Å²) < 4.78 is 20.6. The van der Waals surface area contributed by atoms with E-state index in [-0.39, 0.29) is 34.1 Å². The summed E-state index contributed by atoms with van der Waals surface area (Å²) in [5, 5.41) is 8.60. The molecule has 2 unspecified atom stereocenters. The second-order valence-electron chi connectivity index (χ2n) is 9.45. The van der Waals surface area contributed by atoms with Gasteiger partial charge in [0.15, 0.2) is 0 Å². The van der Waals surface area contributed by atoms with E-state index in [1.54, 1.807) is 6.92 Å². The van der Waals surface area contributed by atoms with Crippen LogP contribution in [0.25, 0.3) is 0 Å². The van der Waals surface area contributed by atoms with E-state index in [4.69, 9.17) is 4.42 Å². The van der Waals surface area contributed by atoms with Crippen molar-refractivity contribution in [3.63, 3.8) is 0 Å². The lowest BCUT2D eigenvalue weighted by Gasteiger charge is -2.31. The Hall–Kier alpha value is -3.42. The highest BCUT2D eigenvalue weighted by atomic mass is 19.1. The quantitative estimate of drug-likeness (QED) is 0.510. The number of hydrogen-bond acceptors (Lipinski definition) is 6. The van der Waals surface area contributed by atoms with E-state index in [9.17, 15) is 18.8 Å². The third-order valence-corrected chi connectivity index (χ3v) is 6.01. The largest absolute Gasteiger partial charge is 0.464 e. The third kappa shape index (κ3) is 3.39. The second kappa shape index (κ2) is 7.32. The van der Waals surface area contributed by atoms with Crippen LogP contribution in [0, 0.1) is 25.1 Å². The van der Waals surface area contributed by atoms with Gasteiger partial charge in [0.05, 0.1) is 23.3 Å². The highest BCUT2D eigenvalue weighted by Crippen LogP contribution is 2.40. The molecule has 2 aromatic carbocycles. The number of anilines is 3. The molecule has 8 heteroatoms. The number of hydrogen-bond donors (Lipinski definition) is 3. The summed E-state index contributed by atoms with van der Waals surface area (Å²) in [5.41, 5.74) is -0.236. The maximum atomic E-state index is 14.7. The van der Waals surface area contributed by atoms with Crippen molar-refractivity contribution in [2.75, 3.05) is 10.6 Å². The molecule has 32 heavy (non-hydrogen) atoms. The monoisotopic (exact) mass is 439 g/mol. The fourth-order valence-electron chi connectivity index (χ4n) is 4.04. The first-order valence-electron chi connectivity index (χ1n) is 10.5. The van der Waals surface area contributed by atoms with Crippen molar-refractivity contribution in [1.29, 1.82) is 0 Å². The minimum absolute atomic E-state index is 0.0464. The van der Waals surface area contributed by atoms with Crippen LogP contribution in [0.4, 0.5) is 21.5 Å². The van der Waals surface area contributed by atoms with Crippen molar-refractivity contribution >= 4 is 23.0 Å². The van der Waals surface area contributed by atoms with Gasteiger partial charge in [0.1, 0.15) is 28.7 Å². The summed E-state index contributed by atoms with van der Waals surface area (Å²) in [6.45, 7) is 11.5. The molecule has 1 aromatic heterocycles. The minimum atomic E-state index is -0.768. The van der Waals surface area contributed by atoms with Gasteiger partial charge in [-0.1, -0.05) is 26.8 Å². The van der Waals surface area contributed by atoms with Crippen LogP contribution >= 0.6 is 0 Å². The van der Waals surface area contributed by atoms with E-state index < -0.39 is 28.6 Å². The summed E-state index contributed by atoms with van der Waals surface area (Å²) in [6, 6.07) is 3.97. The first-order chi connectivity index (χ1) is 14.9. The lowest BCUT2D eigenvalue weighted by molar-refractivity contribution is 0.0959. The Balaban J connectivity index is 1.74. The zero-order chi connectivity index (χ0) is 23.5. The number of aryl methyl sites for hydroxylation is 2. The Bertz CT molecular complexity index is 1290.